The fourth-order valence-electron chi connectivity index (χ4n) is 3.34. The highest BCUT2D eigenvalue weighted by molar-refractivity contribution is 7.92. The van der Waals surface area contributed by atoms with E-state index < -0.39 is 10.0 Å². The van der Waals surface area contributed by atoms with E-state index in [0.29, 0.717) is 29.9 Å². The predicted octanol–water partition coefficient (Wildman–Crippen LogP) is 3.39. The van der Waals surface area contributed by atoms with E-state index >= 15 is 0 Å². The number of aryl methyl sites for hydroxylation is 2. The van der Waals surface area contributed by atoms with Crippen molar-refractivity contribution in [3.8, 4) is 11.4 Å². The minimum atomic E-state index is -3.82. The Morgan fingerprint density at radius 1 is 1.07 bits per heavy atom. The van der Waals surface area contributed by atoms with Crippen molar-refractivity contribution < 1.29 is 17.7 Å². The maximum atomic E-state index is 12.9. The van der Waals surface area contributed by atoms with Gasteiger partial charge in [-0.05, 0) is 50.5 Å². The number of anilines is 1. The molecule has 0 spiro atoms. The summed E-state index contributed by atoms with van der Waals surface area (Å²) in [4.78, 5) is 18.4. The lowest BCUT2D eigenvalue weighted by molar-refractivity contribution is 0.0743. The van der Waals surface area contributed by atoms with Crippen LogP contribution in [0, 0.1) is 13.8 Å². The van der Waals surface area contributed by atoms with Crippen molar-refractivity contribution in [2.45, 2.75) is 31.6 Å². The summed E-state index contributed by atoms with van der Waals surface area (Å²) < 4.78 is 33.6. The molecular formula is C21H22N4O4S. The summed E-state index contributed by atoms with van der Waals surface area (Å²) in [6, 6.07) is 12.0. The van der Waals surface area contributed by atoms with Gasteiger partial charge in [-0.25, -0.2) is 8.42 Å². The van der Waals surface area contributed by atoms with Crippen LogP contribution in [-0.2, 0) is 10.0 Å². The third-order valence-corrected chi connectivity index (χ3v) is 6.57. The molecule has 1 N–H and O–H groups in total. The number of carbonyl (C=O) groups excluding carboxylic acids is 1. The van der Waals surface area contributed by atoms with Crippen LogP contribution in [0.5, 0.6) is 0 Å². The summed E-state index contributed by atoms with van der Waals surface area (Å²) in [6.07, 6.45) is 1.92. The molecule has 0 saturated carbocycles. The lowest BCUT2D eigenvalue weighted by Crippen LogP contribution is -2.27. The van der Waals surface area contributed by atoms with Crippen molar-refractivity contribution in [1.82, 2.24) is 15.0 Å². The minimum Gasteiger partial charge on any atom is -0.334 e. The highest BCUT2D eigenvalue weighted by Crippen LogP contribution is 2.26. The molecule has 1 aliphatic rings. The van der Waals surface area contributed by atoms with E-state index in [1.165, 1.54) is 6.07 Å². The number of likely N-dealkylation sites (tertiary alicyclic amines) is 1. The average molecular weight is 426 g/mol. The number of nitrogens with one attached hydrogen (secondary N) is 1. The monoisotopic (exact) mass is 426 g/mol. The smallest absolute Gasteiger partial charge is 0.316 e. The zero-order valence-corrected chi connectivity index (χ0v) is 17.6. The minimum absolute atomic E-state index is 0.0883. The van der Waals surface area contributed by atoms with Crippen LogP contribution in [-0.4, -0.2) is 42.5 Å². The number of nitrogens with zero attached hydrogens (tertiary/aromatic N) is 3. The van der Waals surface area contributed by atoms with Gasteiger partial charge in [0.25, 0.3) is 10.0 Å². The van der Waals surface area contributed by atoms with Crippen LogP contribution in [0.15, 0.2) is 51.9 Å². The topological polar surface area (TPSA) is 105 Å². The molecule has 8 nitrogen and oxygen atoms in total. The Morgan fingerprint density at radius 3 is 2.47 bits per heavy atom. The predicted molar refractivity (Wildman–Crippen MR) is 112 cm³/mol. The summed E-state index contributed by atoms with van der Waals surface area (Å²) in [5, 5.41) is 3.88. The van der Waals surface area contributed by atoms with Crippen LogP contribution < -0.4 is 4.72 Å². The molecule has 0 aliphatic carbocycles. The Bertz CT molecular complexity index is 1180. The van der Waals surface area contributed by atoms with E-state index in [1.54, 1.807) is 36.1 Å². The largest absolute Gasteiger partial charge is 0.334 e. The number of rotatable bonds is 5. The van der Waals surface area contributed by atoms with Crippen LogP contribution >= 0.6 is 0 Å². The van der Waals surface area contributed by atoms with E-state index in [-0.39, 0.29) is 22.5 Å². The number of hydrogen-bond donors (Lipinski definition) is 1. The summed E-state index contributed by atoms with van der Waals surface area (Å²) in [5.74, 6) is -0.216. The lowest BCUT2D eigenvalue weighted by atomic mass is 10.1. The second-order valence-electron chi connectivity index (χ2n) is 7.37. The van der Waals surface area contributed by atoms with Crippen LogP contribution in [0.1, 0.15) is 34.7 Å². The third kappa shape index (κ3) is 4.06. The summed E-state index contributed by atoms with van der Waals surface area (Å²) in [6.45, 7) is 4.99. The molecule has 0 unspecified atom stereocenters. The summed E-state index contributed by atoms with van der Waals surface area (Å²) in [5.41, 5.74) is 2.54. The molecule has 1 aliphatic heterocycles. The van der Waals surface area contributed by atoms with Crippen molar-refractivity contribution in [1.29, 1.82) is 0 Å². The quantitative estimate of drug-likeness (QED) is 0.670. The third-order valence-electron chi connectivity index (χ3n) is 5.04. The van der Waals surface area contributed by atoms with Crippen molar-refractivity contribution in [2.24, 2.45) is 0 Å². The molecule has 9 heteroatoms. The van der Waals surface area contributed by atoms with Gasteiger partial charge in [0.2, 0.25) is 5.82 Å². The van der Waals surface area contributed by atoms with Crippen LogP contribution in [0.4, 0.5) is 5.69 Å². The lowest BCUT2D eigenvalue weighted by Gasteiger charge is -2.11. The highest BCUT2D eigenvalue weighted by atomic mass is 32.2. The number of aromatic nitrogens is 2. The first-order valence-corrected chi connectivity index (χ1v) is 11.2. The van der Waals surface area contributed by atoms with Crippen molar-refractivity contribution >= 4 is 21.6 Å². The van der Waals surface area contributed by atoms with E-state index in [4.69, 9.17) is 4.52 Å². The molecule has 0 atom stereocenters. The van der Waals surface area contributed by atoms with Gasteiger partial charge in [-0.3, -0.25) is 9.52 Å². The van der Waals surface area contributed by atoms with Crippen LogP contribution in [0.3, 0.4) is 0 Å². The molecule has 2 aromatic carbocycles. The Kier molecular flexibility index (Phi) is 5.29. The van der Waals surface area contributed by atoms with Gasteiger partial charge in [-0.15, -0.1) is 0 Å². The van der Waals surface area contributed by atoms with E-state index in [2.05, 4.69) is 14.9 Å². The molecule has 1 aromatic heterocycles. The van der Waals surface area contributed by atoms with Crippen molar-refractivity contribution in [3.05, 3.63) is 59.5 Å². The zero-order chi connectivity index (χ0) is 21.3. The van der Waals surface area contributed by atoms with Crippen molar-refractivity contribution in [2.75, 3.05) is 17.8 Å². The second-order valence-corrected chi connectivity index (χ2v) is 9.03. The van der Waals surface area contributed by atoms with E-state index in [9.17, 15) is 13.2 Å². The molecule has 1 saturated heterocycles. The van der Waals surface area contributed by atoms with E-state index in [1.807, 2.05) is 19.1 Å². The van der Waals surface area contributed by atoms with E-state index in [0.717, 1.165) is 18.4 Å². The molecule has 0 radical (unpaired) electrons. The summed E-state index contributed by atoms with van der Waals surface area (Å²) in [7, 11) is -3.82. The Hall–Kier alpha value is -3.20. The maximum Gasteiger partial charge on any atom is 0.316 e. The van der Waals surface area contributed by atoms with Gasteiger partial charge in [-0.1, -0.05) is 35.0 Å². The van der Waals surface area contributed by atoms with Gasteiger partial charge in [0.05, 0.1) is 4.90 Å². The first-order chi connectivity index (χ1) is 14.3. The van der Waals surface area contributed by atoms with Gasteiger partial charge < -0.3 is 9.42 Å². The molecule has 2 heterocycles. The van der Waals surface area contributed by atoms with Gasteiger partial charge >= 0.3 is 11.8 Å². The Morgan fingerprint density at radius 2 is 1.77 bits per heavy atom. The molecule has 1 amide bonds. The fourth-order valence-corrected chi connectivity index (χ4v) is 4.67. The first-order valence-electron chi connectivity index (χ1n) is 9.67. The van der Waals surface area contributed by atoms with Crippen molar-refractivity contribution in [3.63, 3.8) is 0 Å². The fraction of sp³-hybridized carbons (Fsp3) is 0.286. The molecule has 3 aromatic rings. The van der Waals surface area contributed by atoms with Gasteiger partial charge in [0, 0.05) is 24.3 Å². The molecule has 0 bridgehead atoms. The van der Waals surface area contributed by atoms with Gasteiger partial charge in [-0.2, -0.15) is 4.98 Å². The van der Waals surface area contributed by atoms with Crippen LogP contribution in [0.25, 0.3) is 11.4 Å². The molecule has 30 heavy (non-hydrogen) atoms. The first kappa shape index (κ1) is 20.1. The molecule has 4 rings (SSSR count). The molecule has 1 fully saturated rings. The van der Waals surface area contributed by atoms with Gasteiger partial charge in [0.15, 0.2) is 0 Å². The van der Waals surface area contributed by atoms with Crippen LogP contribution in [0.2, 0.25) is 0 Å². The normalized spacial score (nSPS) is 14.1. The Labute approximate surface area is 175 Å². The number of carbonyl (C=O) groups is 1. The zero-order valence-electron chi connectivity index (χ0n) is 16.8. The average Bonchev–Trinajstić information content (AvgIpc) is 3.42. The molecular weight excluding hydrogens is 404 g/mol. The number of sulfonamides is 1. The summed E-state index contributed by atoms with van der Waals surface area (Å²) >= 11 is 0. The highest BCUT2D eigenvalue weighted by Gasteiger charge is 2.26. The Balaban J connectivity index is 1.62. The SMILES string of the molecule is Cc1ccc(NS(=O)(=O)c2cc(-c3noc(C(=O)N4CCCC4)n3)ccc2C)cc1. The van der Waals surface area contributed by atoms with Gasteiger partial charge in [0.1, 0.15) is 0 Å². The second kappa shape index (κ2) is 7.91. The molecule has 156 valence electrons. The number of hydrogen-bond acceptors (Lipinski definition) is 6. The number of benzene rings is 2. The maximum absolute atomic E-state index is 12.9. The standard InChI is InChI=1S/C21H22N4O4S/c1-14-5-9-17(10-6-14)24-30(27,28)18-13-16(8-7-15(18)2)19-22-20(29-23-19)21(26)25-11-3-4-12-25/h5-10,13,24H,3-4,11-12H2,1-2H3. The number of amides is 1.